The zero-order valence-corrected chi connectivity index (χ0v) is 16.7. The Morgan fingerprint density at radius 2 is 1.75 bits per heavy atom. The Kier molecular flexibility index (Phi) is 5.69. The average molecular weight is 383 g/mol. The van der Waals surface area contributed by atoms with E-state index in [0.29, 0.717) is 6.61 Å². The van der Waals surface area contributed by atoms with E-state index in [-0.39, 0.29) is 23.8 Å². The monoisotopic (exact) mass is 382 g/mol. The summed E-state index contributed by atoms with van der Waals surface area (Å²) >= 11 is 0. The molecule has 2 heterocycles. The number of carbonyl (C=O) groups is 2. The fourth-order valence-corrected chi connectivity index (χ4v) is 4.81. The summed E-state index contributed by atoms with van der Waals surface area (Å²) < 4.78 is 5.16. The molecule has 1 amide bonds. The van der Waals surface area contributed by atoms with Crippen LogP contribution in [0.3, 0.4) is 0 Å². The molecular weight excluding hydrogens is 352 g/mol. The lowest BCUT2D eigenvalue weighted by atomic mass is 9.96. The second kappa shape index (κ2) is 8.38. The highest BCUT2D eigenvalue weighted by atomic mass is 16.5. The fraction of sp³-hybridized carbons (Fsp3) is 0.565. The van der Waals surface area contributed by atoms with Crippen molar-refractivity contribution >= 4 is 23.3 Å². The molecule has 1 unspecified atom stereocenters. The third-order valence-corrected chi connectivity index (χ3v) is 6.34. The lowest BCUT2D eigenvalue weighted by molar-refractivity contribution is -0.148. The van der Waals surface area contributed by atoms with Gasteiger partial charge in [0.2, 0.25) is 0 Å². The van der Waals surface area contributed by atoms with Crippen molar-refractivity contribution in [1.29, 1.82) is 0 Å². The van der Waals surface area contributed by atoms with E-state index >= 15 is 0 Å². The molecule has 4 rings (SSSR count). The third kappa shape index (κ3) is 3.80. The van der Waals surface area contributed by atoms with Crippen LogP contribution in [-0.2, 0) is 14.3 Å². The zero-order chi connectivity index (χ0) is 19.5. The number of piperidine rings is 1. The highest BCUT2D eigenvalue weighted by Crippen LogP contribution is 2.36. The van der Waals surface area contributed by atoms with E-state index in [2.05, 4.69) is 29.2 Å². The number of ether oxygens (including phenoxy) is 1. The highest BCUT2D eigenvalue weighted by molar-refractivity contribution is 6.06. The number of nitrogens with zero attached hydrogens (tertiary/aromatic N) is 2. The molecule has 28 heavy (non-hydrogen) atoms. The summed E-state index contributed by atoms with van der Waals surface area (Å²) in [5.74, 6) is 0.0964. The Morgan fingerprint density at radius 1 is 1.04 bits per heavy atom. The molecule has 1 atom stereocenters. The number of fused-ring (bicyclic) bond motifs is 1. The molecule has 2 fully saturated rings. The Hall–Kier alpha value is -2.30. The second-order valence-corrected chi connectivity index (χ2v) is 8.07. The summed E-state index contributed by atoms with van der Waals surface area (Å²) in [4.78, 5) is 28.8. The van der Waals surface area contributed by atoms with E-state index in [4.69, 9.17) is 4.74 Å². The van der Waals surface area contributed by atoms with Gasteiger partial charge in [0.15, 0.2) is 0 Å². The molecule has 1 aromatic carbocycles. The van der Waals surface area contributed by atoms with Gasteiger partial charge in [-0.3, -0.25) is 9.59 Å². The molecular formula is C23H30N2O3. The van der Waals surface area contributed by atoms with Crippen LogP contribution in [0.25, 0.3) is 0 Å². The first-order valence-electron chi connectivity index (χ1n) is 10.7. The third-order valence-electron chi connectivity index (χ3n) is 6.34. The van der Waals surface area contributed by atoms with Gasteiger partial charge >= 0.3 is 5.97 Å². The SMILES string of the molecule is CCOC(=O)C1CCN(c2ccc(N3C(=O)C=C4CCCCCC43)cc2)CC1. The van der Waals surface area contributed by atoms with Crippen LogP contribution < -0.4 is 9.80 Å². The first kappa shape index (κ1) is 19.0. The molecule has 5 heteroatoms. The molecule has 1 aromatic rings. The van der Waals surface area contributed by atoms with E-state index in [9.17, 15) is 9.59 Å². The van der Waals surface area contributed by atoms with Gasteiger partial charge < -0.3 is 14.5 Å². The second-order valence-electron chi connectivity index (χ2n) is 8.07. The Labute approximate surface area is 167 Å². The van der Waals surface area contributed by atoms with Gasteiger partial charge in [0, 0.05) is 30.5 Å². The topological polar surface area (TPSA) is 49.9 Å². The predicted octanol–water partition coefficient (Wildman–Crippen LogP) is 4.07. The number of hydrogen-bond acceptors (Lipinski definition) is 4. The normalized spacial score (nSPS) is 23.2. The minimum atomic E-state index is -0.0586. The first-order valence-corrected chi connectivity index (χ1v) is 10.7. The molecule has 0 bridgehead atoms. The Balaban J connectivity index is 1.41. The lowest BCUT2D eigenvalue weighted by Gasteiger charge is -2.33. The number of rotatable bonds is 4. The summed E-state index contributed by atoms with van der Waals surface area (Å²) in [6, 6.07) is 8.63. The van der Waals surface area contributed by atoms with E-state index in [1.807, 2.05) is 17.9 Å². The van der Waals surface area contributed by atoms with Crippen molar-refractivity contribution in [2.75, 3.05) is 29.5 Å². The van der Waals surface area contributed by atoms with Crippen LogP contribution in [0.1, 0.15) is 51.9 Å². The van der Waals surface area contributed by atoms with E-state index in [1.54, 1.807) is 0 Å². The van der Waals surface area contributed by atoms with Gasteiger partial charge in [-0.15, -0.1) is 0 Å². The summed E-state index contributed by atoms with van der Waals surface area (Å²) in [6.45, 7) is 4.03. The molecule has 1 saturated carbocycles. The molecule has 5 nitrogen and oxygen atoms in total. The van der Waals surface area contributed by atoms with Crippen LogP contribution in [-0.4, -0.2) is 37.6 Å². The lowest BCUT2D eigenvalue weighted by Crippen LogP contribution is -2.37. The molecule has 0 radical (unpaired) electrons. The maximum atomic E-state index is 12.6. The Bertz CT molecular complexity index is 748. The van der Waals surface area contributed by atoms with Gasteiger partial charge in [0.1, 0.15) is 0 Å². The van der Waals surface area contributed by atoms with Crippen molar-refractivity contribution in [3.8, 4) is 0 Å². The maximum Gasteiger partial charge on any atom is 0.309 e. The van der Waals surface area contributed by atoms with Crippen LogP contribution in [0.2, 0.25) is 0 Å². The predicted molar refractivity (Wildman–Crippen MR) is 110 cm³/mol. The average Bonchev–Trinajstić information content (AvgIpc) is 2.87. The molecule has 0 spiro atoms. The minimum absolute atomic E-state index is 0.0254. The van der Waals surface area contributed by atoms with Gasteiger partial charge in [-0.25, -0.2) is 0 Å². The van der Waals surface area contributed by atoms with Crippen molar-refractivity contribution in [2.45, 2.75) is 57.9 Å². The largest absolute Gasteiger partial charge is 0.466 e. The van der Waals surface area contributed by atoms with Gasteiger partial charge in [-0.1, -0.05) is 12.8 Å². The first-order chi connectivity index (χ1) is 13.7. The summed E-state index contributed by atoms with van der Waals surface area (Å²) in [7, 11) is 0. The zero-order valence-electron chi connectivity index (χ0n) is 16.7. The van der Waals surface area contributed by atoms with E-state index in [1.165, 1.54) is 24.8 Å². The summed E-state index contributed by atoms with van der Waals surface area (Å²) in [6.07, 6.45) is 9.31. The molecule has 2 aliphatic heterocycles. The van der Waals surface area contributed by atoms with Crippen molar-refractivity contribution in [3.63, 3.8) is 0 Å². The summed E-state index contributed by atoms with van der Waals surface area (Å²) in [5.41, 5.74) is 3.47. The quantitative estimate of drug-likeness (QED) is 0.737. The van der Waals surface area contributed by atoms with Crippen LogP contribution >= 0.6 is 0 Å². The van der Waals surface area contributed by atoms with E-state index < -0.39 is 0 Å². The maximum absolute atomic E-state index is 12.6. The van der Waals surface area contributed by atoms with Crippen LogP contribution in [0.5, 0.6) is 0 Å². The van der Waals surface area contributed by atoms with Crippen molar-refractivity contribution in [1.82, 2.24) is 0 Å². The smallest absolute Gasteiger partial charge is 0.309 e. The molecule has 1 saturated heterocycles. The molecule has 3 aliphatic rings. The number of carbonyl (C=O) groups excluding carboxylic acids is 2. The molecule has 0 N–H and O–H groups in total. The van der Waals surface area contributed by atoms with Crippen LogP contribution in [0, 0.1) is 5.92 Å². The highest BCUT2D eigenvalue weighted by Gasteiger charge is 2.34. The summed E-state index contributed by atoms with van der Waals surface area (Å²) in [5, 5.41) is 0. The van der Waals surface area contributed by atoms with Gasteiger partial charge in [-0.2, -0.15) is 0 Å². The number of amides is 1. The number of hydrogen-bond donors (Lipinski definition) is 0. The number of esters is 1. The van der Waals surface area contributed by atoms with Crippen LogP contribution in [0.15, 0.2) is 35.9 Å². The van der Waals surface area contributed by atoms with Crippen molar-refractivity contribution in [2.24, 2.45) is 5.92 Å². The van der Waals surface area contributed by atoms with E-state index in [0.717, 1.165) is 50.1 Å². The van der Waals surface area contributed by atoms with Crippen LogP contribution in [0.4, 0.5) is 11.4 Å². The molecule has 0 aromatic heterocycles. The molecule has 150 valence electrons. The van der Waals surface area contributed by atoms with Crippen molar-refractivity contribution < 1.29 is 14.3 Å². The van der Waals surface area contributed by atoms with Crippen molar-refractivity contribution in [3.05, 3.63) is 35.9 Å². The standard InChI is InChI=1S/C23H30N2O3/c1-2-28-23(27)17-12-14-24(15-13-17)19-8-10-20(11-9-19)25-21-7-5-3-4-6-18(21)16-22(25)26/h8-11,16-17,21H,2-7,12-15H2,1H3. The number of benzene rings is 1. The molecule has 1 aliphatic carbocycles. The fourth-order valence-electron chi connectivity index (χ4n) is 4.81. The van der Waals surface area contributed by atoms with Gasteiger partial charge in [0.25, 0.3) is 5.91 Å². The van der Waals surface area contributed by atoms with Gasteiger partial charge in [-0.05, 0) is 68.9 Å². The van der Waals surface area contributed by atoms with Gasteiger partial charge in [0.05, 0.1) is 18.6 Å². The minimum Gasteiger partial charge on any atom is -0.466 e. The number of anilines is 2. The Morgan fingerprint density at radius 3 is 2.46 bits per heavy atom.